The highest BCUT2D eigenvalue weighted by Gasteiger charge is 2.17. The van der Waals surface area contributed by atoms with Crippen molar-refractivity contribution < 1.29 is 13.5 Å². The summed E-state index contributed by atoms with van der Waals surface area (Å²) in [6.07, 6.45) is 1.34. The lowest BCUT2D eigenvalue weighted by atomic mass is 10.1. The van der Waals surface area contributed by atoms with Crippen molar-refractivity contribution in [3.63, 3.8) is 0 Å². The first-order valence-corrected chi connectivity index (χ1v) is 8.63. The third-order valence-electron chi connectivity index (χ3n) is 2.93. The third-order valence-corrected chi connectivity index (χ3v) is 4.91. The van der Waals surface area contributed by atoms with Gasteiger partial charge in [0.2, 0.25) is 0 Å². The lowest BCUT2D eigenvalue weighted by Crippen LogP contribution is -2.14. The summed E-state index contributed by atoms with van der Waals surface area (Å²) >= 11 is 3.24. The zero-order valence-corrected chi connectivity index (χ0v) is 13.7. The van der Waals surface area contributed by atoms with Crippen molar-refractivity contribution in [2.45, 2.75) is 24.3 Å². The minimum atomic E-state index is -3.75. The van der Waals surface area contributed by atoms with Crippen molar-refractivity contribution in [1.29, 1.82) is 0 Å². The number of aromatic nitrogens is 1. The number of anilines is 1. The van der Waals surface area contributed by atoms with E-state index < -0.39 is 16.1 Å². The standard InChI is InChI=1S/C14H15BrN2O3S/c1-2-13(18)10-5-3-6-11(9-10)21(19,20)17-14-12(15)7-4-8-16-14/h3-9,13,18H,2H2,1H3,(H,16,17). The van der Waals surface area contributed by atoms with Gasteiger partial charge >= 0.3 is 0 Å². The summed E-state index contributed by atoms with van der Waals surface area (Å²) in [5, 5.41) is 9.82. The minimum Gasteiger partial charge on any atom is -0.388 e. The summed E-state index contributed by atoms with van der Waals surface area (Å²) in [4.78, 5) is 4.06. The van der Waals surface area contributed by atoms with Gasteiger partial charge in [-0.3, -0.25) is 4.72 Å². The lowest BCUT2D eigenvalue weighted by Gasteiger charge is -2.12. The van der Waals surface area contributed by atoms with E-state index in [2.05, 4.69) is 25.6 Å². The second-order valence-electron chi connectivity index (χ2n) is 4.44. The molecule has 0 fully saturated rings. The maximum atomic E-state index is 12.4. The molecule has 0 radical (unpaired) electrons. The summed E-state index contributed by atoms with van der Waals surface area (Å²) < 4.78 is 27.7. The van der Waals surface area contributed by atoms with Crippen LogP contribution in [-0.2, 0) is 10.0 Å². The predicted molar refractivity (Wildman–Crippen MR) is 84.4 cm³/mol. The molecule has 2 aromatic rings. The molecule has 21 heavy (non-hydrogen) atoms. The quantitative estimate of drug-likeness (QED) is 0.847. The molecule has 5 nitrogen and oxygen atoms in total. The summed E-state index contributed by atoms with van der Waals surface area (Å²) in [5.74, 6) is 0.221. The first-order valence-electron chi connectivity index (χ1n) is 6.35. The van der Waals surface area contributed by atoms with Crippen LogP contribution in [0, 0.1) is 0 Å². The molecule has 0 aliphatic rings. The number of nitrogens with zero attached hydrogens (tertiary/aromatic N) is 1. The van der Waals surface area contributed by atoms with E-state index in [0.29, 0.717) is 16.5 Å². The first kappa shape index (κ1) is 15.9. The first-order chi connectivity index (χ1) is 9.94. The van der Waals surface area contributed by atoms with Gasteiger partial charge in [-0.25, -0.2) is 13.4 Å². The molecule has 1 aromatic carbocycles. The number of rotatable bonds is 5. The Morgan fingerprint density at radius 3 is 2.76 bits per heavy atom. The highest BCUT2D eigenvalue weighted by molar-refractivity contribution is 9.10. The maximum absolute atomic E-state index is 12.4. The molecular formula is C14H15BrN2O3S. The second kappa shape index (κ2) is 6.55. The normalized spacial score (nSPS) is 12.9. The van der Waals surface area contributed by atoms with Gasteiger partial charge in [-0.2, -0.15) is 0 Å². The van der Waals surface area contributed by atoms with Crippen LogP contribution in [0.4, 0.5) is 5.82 Å². The average molecular weight is 371 g/mol. The Morgan fingerprint density at radius 2 is 2.10 bits per heavy atom. The number of benzene rings is 1. The molecule has 0 aliphatic carbocycles. The monoisotopic (exact) mass is 370 g/mol. The van der Waals surface area contributed by atoms with E-state index in [9.17, 15) is 13.5 Å². The topological polar surface area (TPSA) is 79.3 Å². The zero-order chi connectivity index (χ0) is 15.5. The molecule has 2 N–H and O–H groups in total. The molecule has 112 valence electrons. The summed E-state index contributed by atoms with van der Waals surface area (Å²) in [5.41, 5.74) is 0.570. The van der Waals surface area contributed by atoms with Crippen LogP contribution in [0.5, 0.6) is 0 Å². The summed E-state index contributed by atoms with van der Waals surface area (Å²) in [7, 11) is -3.75. The molecule has 0 saturated heterocycles. The summed E-state index contributed by atoms with van der Waals surface area (Å²) in [6, 6.07) is 9.64. The molecule has 0 bridgehead atoms. The van der Waals surface area contributed by atoms with Crippen LogP contribution < -0.4 is 4.72 Å². The number of aliphatic hydroxyl groups excluding tert-OH is 1. The van der Waals surface area contributed by atoms with E-state index in [1.807, 2.05) is 6.92 Å². The Hall–Kier alpha value is -1.44. The van der Waals surface area contributed by atoms with Gasteiger partial charge in [0.15, 0.2) is 5.82 Å². The Bertz CT molecular complexity index is 735. The number of halogens is 1. The van der Waals surface area contributed by atoms with Crippen LogP contribution in [-0.4, -0.2) is 18.5 Å². The number of sulfonamides is 1. The minimum absolute atomic E-state index is 0.0880. The van der Waals surface area contributed by atoms with Crippen molar-refractivity contribution >= 4 is 31.8 Å². The van der Waals surface area contributed by atoms with Gasteiger partial charge in [0.25, 0.3) is 10.0 Å². The fraction of sp³-hybridized carbons (Fsp3) is 0.214. The lowest BCUT2D eigenvalue weighted by molar-refractivity contribution is 0.173. The molecule has 1 heterocycles. The molecule has 1 atom stereocenters. The second-order valence-corrected chi connectivity index (χ2v) is 6.97. The molecular weight excluding hydrogens is 356 g/mol. The zero-order valence-electron chi connectivity index (χ0n) is 11.3. The number of aliphatic hydroxyl groups is 1. The molecule has 1 aromatic heterocycles. The number of nitrogens with one attached hydrogen (secondary N) is 1. The van der Waals surface area contributed by atoms with Crippen LogP contribution in [0.3, 0.4) is 0 Å². The highest BCUT2D eigenvalue weighted by Crippen LogP contribution is 2.24. The van der Waals surface area contributed by atoms with Crippen LogP contribution in [0.25, 0.3) is 0 Å². The molecule has 1 unspecified atom stereocenters. The molecule has 7 heteroatoms. The number of pyridine rings is 1. The molecule has 0 saturated carbocycles. The third kappa shape index (κ3) is 3.81. The van der Waals surface area contributed by atoms with Crippen molar-refractivity contribution in [1.82, 2.24) is 4.98 Å². The SMILES string of the molecule is CCC(O)c1cccc(S(=O)(=O)Nc2ncccc2Br)c1. The summed E-state index contributed by atoms with van der Waals surface area (Å²) in [6.45, 7) is 1.83. The van der Waals surface area contributed by atoms with E-state index in [4.69, 9.17) is 0 Å². The van der Waals surface area contributed by atoms with Crippen molar-refractivity contribution in [2.75, 3.05) is 4.72 Å². The Kier molecular flexibility index (Phi) is 4.97. The van der Waals surface area contributed by atoms with Gasteiger partial charge in [-0.1, -0.05) is 19.1 Å². The van der Waals surface area contributed by atoms with Gasteiger partial charge in [0.05, 0.1) is 15.5 Å². The maximum Gasteiger partial charge on any atom is 0.263 e. The van der Waals surface area contributed by atoms with Gasteiger partial charge in [-0.15, -0.1) is 0 Å². The Labute approximate surface area is 132 Å². The highest BCUT2D eigenvalue weighted by atomic mass is 79.9. The number of hydrogen-bond acceptors (Lipinski definition) is 4. The fourth-order valence-electron chi connectivity index (χ4n) is 1.77. The van der Waals surface area contributed by atoms with Crippen LogP contribution in [0.2, 0.25) is 0 Å². The van der Waals surface area contributed by atoms with Gasteiger partial charge in [0, 0.05) is 6.20 Å². The molecule has 0 amide bonds. The largest absolute Gasteiger partial charge is 0.388 e. The van der Waals surface area contributed by atoms with Crippen LogP contribution in [0.15, 0.2) is 52.0 Å². The fourth-order valence-corrected chi connectivity index (χ4v) is 3.34. The smallest absolute Gasteiger partial charge is 0.263 e. The number of hydrogen-bond donors (Lipinski definition) is 2. The van der Waals surface area contributed by atoms with Gasteiger partial charge in [0.1, 0.15) is 0 Å². The van der Waals surface area contributed by atoms with E-state index in [0.717, 1.165) is 0 Å². The van der Waals surface area contributed by atoms with Crippen LogP contribution >= 0.6 is 15.9 Å². The van der Waals surface area contributed by atoms with E-state index in [1.165, 1.54) is 18.3 Å². The van der Waals surface area contributed by atoms with Crippen LogP contribution in [0.1, 0.15) is 25.0 Å². The average Bonchev–Trinajstić information content (AvgIpc) is 2.49. The van der Waals surface area contributed by atoms with E-state index in [1.54, 1.807) is 24.3 Å². The Balaban J connectivity index is 2.34. The molecule has 0 spiro atoms. The van der Waals surface area contributed by atoms with Gasteiger partial charge in [-0.05, 0) is 52.2 Å². The van der Waals surface area contributed by atoms with E-state index in [-0.39, 0.29) is 10.7 Å². The predicted octanol–water partition coefficient (Wildman–Crippen LogP) is 3.09. The van der Waals surface area contributed by atoms with Gasteiger partial charge < -0.3 is 5.11 Å². The van der Waals surface area contributed by atoms with E-state index >= 15 is 0 Å². The molecule has 0 aliphatic heterocycles. The van der Waals surface area contributed by atoms with Crippen molar-refractivity contribution in [3.05, 3.63) is 52.6 Å². The molecule has 2 rings (SSSR count). The van der Waals surface area contributed by atoms with Crippen molar-refractivity contribution in [3.8, 4) is 0 Å². The van der Waals surface area contributed by atoms with Crippen molar-refractivity contribution in [2.24, 2.45) is 0 Å². The Morgan fingerprint density at radius 1 is 1.33 bits per heavy atom.